The van der Waals surface area contributed by atoms with E-state index in [0.29, 0.717) is 54.2 Å². The molecule has 1 aromatic carbocycles. The van der Waals surface area contributed by atoms with Gasteiger partial charge in [0.15, 0.2) is 17.4 Å². The number of piperidine rings is 1. The second-order valence-corrected chi connectivity index (χ2v) is 9.83. The zero-order chi connectivity index (χ0) is 26.3. The van der Waals surface area contributed by atoms with E-state index in [9.17, 15) is 19.0 Å². The first-order valence-corrected chi connectivity index (χ1v) is 12.0. The standard InChI is InChI=1S/C26H28F2N6O3/c1-26(2,36)24(35)20-11-19-21(13-29-20)31-23(15-12-30-33(3)14-15)25(32-19)34-8-6-17(7-9-34)37-22-5-4-16(27)10-18(22)28/h4-5,10-14,17,24,35-36H,6-9H2,1-3H3/t24-/m0/s1. The molecule has 1 fully saturated rings. The molecule has 1 aliphatic rings. The van der Waals surface area contributed by atoms with Crippen molar-refractivity contribution in [3.05, 3.63) is 60.2 Å². The van der Waals surface area contributed by atoms with Gasteiger partial charge in [-0.25, -0.2) is 18.7 Å². The van der Waals surface area contributed by atoms with E-state index in [1.54, 1.807) is 16.9 Å². The van der Waals surface area contributed by atoms with Crippen LogP contribution >= 0.6 is 0 Å². The summed E-state index contributed by atoms with van der Waals surface area (Å²) in [6.45, 7) is 4.17. The Hall–Kier alpha value is -3.70. The second-order valence-electron chi connectivity index (χ2n) is 9.83. The lowest BCUT2D eigenvalue weighted by atomic mass is 9.98. The van der Waals surface area contributed by atoms with E-state index >= 15 is 0 Å². The van der Waals surface area contributed by atoms with Gasteiger partial charge in [0.2, 0.25) is 0 Å². The zero-order valence-electron chi connectivity index (χ0n) is 20.8. The Morgan fingerprint density at radius 3 is 2.49 bits per heavy atom. The zero-order valence-corrected chi connectivity index (χ0v) is 20.8. The first-order valence-electron chi connectivity index (χ1n) is 12.0. The van der Waals surface area contributed by atoms with Crippen LogP contribution < -0.4 is 9.64 Å². The molecular weight excluding hydrogens is 482 g/mol. The predicted molar refractivity (Wildman–Crippen MR) is 133 cm³/mol. The maximum absolute atomic E-state index is 14.1. The van der Waals surface area contributed by atoms with Crippen LogP contribution in [0.15, 0.2) is 42.9 Å². The molecule has 0 amide bonds. The highest BCUT2D eigenvalue weighted by atomic mass is 19.1. The van der Waals surface area contributed by atoms with Crippen LogP contribution in [0.3, 0.4) is 0 Å². The van der Waals surface area contributed by atoms with Crippen molar-refractivity contribution in [1.82, 2.24) is 24.7 Å². The lowest BCUT2D eigenvalue weighted by molar-refractivity contribution is -0.0516. The Morgan fingerprint density at radius 1 is 1.08 bits per heavy atom. The molecule has 5 rings (SSSR count). The minimum atomic E-state index is -1.38. The van der Waals surface area contributed by atoms with Gasteiger partial charge in [0.05, 0.1) is 29.2 Å². The summed E-state index contributed by atoms with van der Waals surface area (Å²) < 4.78 is 34.8. The molecule has 0 spiro atoms. The van der Waals surface area contributed by atoms with Gasteiger partial charge < -0.3 is 19.8 Å². The molecule has 11 heteroatoms. The van der Waals surface area contributed by atoms with E-state index in [2.05, 4.69) is 15.0 Å². The summed E-state index contributed by atoms with van der Waals surface area (Å²) >= 11 is 0. The first kappa shape index (κ1) is 25.0. The van der Waals surface area contributed by atoms with E-state index in [1.807, 2.05) is 13.2 Å². The monoisotopic (exact) mass is 510 g/mol. The average Bonchev–Trinajstić information content (AvgIpc) is 3.30. The summed E-state index contributed by atoms with van der Waals surface area (Å²) in [5.74, 6) is -0.696. The molecule has 1 saturated heterocycles. The van der Waals surface area contributed by atoms with E-state index in [1.165, 1.54) is 32.2 Å². The van der Waals surface area contributed by atoms with Gasteiger partial charge in [0.1, 0.15) is 29.2 Å². The molecule has 0 aliphatic carbocycles. The van der Waals surface area contributed by atoms with Gasteiger partial charge in [-0.3, -0.25) is 9.67 Å². The summed E-state index contributed by atoms with van der Waals surface area (Å²) in [5.41, 5.74) is 1.42. The van der Waals surface area contributed by atoms with Crippen LogP contribution in [0, 0.1) is 11.6 Å². The molecule has 1 atom stereocenters. The molecule has 4 heterocycles. The normalized spacial score (nSPS) is 15.8. The lowest BCUT2D eigenvalue weighted by Gasteiger charge is -2.33. The van der Waals surface area contributed by atoms with Crippen molar-refractivity contribution in [2.75, 3.05) is 18.0 Å². The summed E-state index contributed by atoms with van der Waals surface area (Å²) in [6.07, 6.45) is 4.88. The third-order valence-corrected chi connectivity index (χ3v) is 6.41. The summed E-state index contributed by atoms with van der Waals surface area (Å²) in [5, 5.41) is 25.0. The second kappa shape index (κ2) is 9.64. The molecule has 37 heavy (non-hydrogen) atoms. The number of rotatable bonds is 6. The van der Waals surface area contributed by atoms with Gasteiger partial charge in [0.25, 0.3) is 0 Å². The SMILES string of the molecule is Cn1cc(-c2nc3cnc([C@H](O)C(C)(C)O)cc3nc2N2CCC(Oc3ccc(F)cc3F)CC2)cn1. The minimum Gasteiger partial charge on any atom is -0.487 e. The molecule has 0 bridgehead atoms. The van der Waals surface area contributed by atoms with Gasteiger partial charge in [0, 0.05) is 50.8 Å². The quantitative estimate of drug-likeness (QED) is 0.405. The number of pyridine rings is 1. The third kappa shape index (κ3) is 5.23. The van der Waals surface area contributed by atoms with Crippen LogP contribution in [-0.2, 0) is 7.05 Å². The Balaban J connectivity index is 1.45. The number of aryl methyl sites for hydroxylation is 1. The van der Waals surface area contributed by atoms with Gasteiger partial charge in [-0.05, 0) is 32.0 Å². The summed E-state index contributed by atoms with van der Waals surface area (Å²) in [7, 11) is 1.82. The van der Waals surface area contributed by atoms with Crippen LogP contribution in [0.2, 0.25) is 0 Å². The van der Waals surface area contributed by atoms with Crippen molar-refractivity contribution in [3.8, 4) is 17.0 Å². The van der Waals surface area contributed by atoms with Crippen molar-refractivity contribution >= 4 is 16.9 Å². The number of nitrogens with zero attached hydrogens (tertiary/aromatic N) is 6. The predicted octanol–water partition coefficient (Wildman–Crippen LogP) is 3.56. The van der Waals surface area contributed by atoms with Crippen LogP contribution in [0.25, 0.3) is 22.3 Å². The third-order valence-electron chi connectivity index (χ3n) is 6.41. The highest BCUT2D eigenvalue weighted by Gasteiger charge is 2.29. The fourth-order valence-corrected chi connectivity index (χ4v) is 4.37. The summed E-state index contributed by atoms with van der Waals surface area (Å²) in [4.78, 5) is 16.1. The number of hydrogen-bond acceptors (Lipinski definition) is 8. The molecule has 0 unspecified atom stereocenters. The van der Waals surface area contributed by atoms with E-state index in [4.69, 9.17) is 14.7 Å². The van der Waals surface area contributed by atoms with Crippen LogP contribution in [0.5, 0.6) is 5.75 Å². The smallest absolute Gasteiger partial charge is 0.167 e. The molecule has 3 aromatic heterocycles. The highest BCUT2D eigenvalue weighted by molar-refractivity contribution is 5.83. The fraction of sp³-hybridized carbons (Fsp3) is 0.385. The molecule has 4 aromatic rings. The largest absolute Gasteiger partial charge is 0.487 e. The number of anilines is 1. The topological polar surface area (TPSA) is 109 Å². The van der Waals surface area contributed by atoms with Crippen molar-refractivity contribution in [2.24, 2.45) is 7.05 Å². The van der Waals surface area contributed by atoms with Crippen molar-refractivity contribution in [1.29, 1.82) is 0 Å². The molecule has 2 N–H and O–H groups in total. The van der Waals surface area contributed by atoms with Gasteiger partial charge in [-0.1, -0.05) is 0 Å². The number of halogens is 2. The van der Waals surface area contributed by atoms with E-state index < -0.39 is 23.3 Å². The van der Waals surface area contributed by atoms with Crippen molar-refractivity contribution < 1.29 is 23.7 Å². The highest BCUT2D eigenvalue weighted by Crippen LogP contribution is 2.33. The van der Waals surface area contributed by atoms with Gasteiger partial charge in [-0.2, -0.15) is 5.10 Å². The van der Waals surface area contributed by atoms with E-state index in [0.717, 1.165) is 11.6 Å². The average molecular weight is 511 g/mol. The molecule has 194 valence electrons. The number of fused-ring (bicyclic) bond motifs is 1. The maximum atomic E-state index is 14.1. The fourth-order valence-electron chi connectivity index (χ4n) is 4.37. The number of aromatic nitrogens is 5. The van der Waals surface area contributed by atoms with E-state index in [-0.39, 0.29) is 11.9 Å². The molecular formula is C26H28F2N6O3. The number of aliphatic hydroxyl groups excluding tert-OH is 1. The summed E-state index contributed by atoms with van der Waals surface area (Å²) in [6, 6.07) is 4.93. The van der Waals surface area contributed by atoms with Gasteiger partial charge in [-0.15, -0.1) is 0 Å². The Labute approximate surface area is 212 Å². The number of ether oxygens (including phenoxy) is 1. The number of benzene rings is 1. The Morgan fingerprint density at radius 2 is 1.84 bits per heavy atom. The minimum absolute atomic E-state index is 0.0341. The lowest BCUT2D eigenvalue weighted by Crippen LogP contribution is -2.39. The maximum Gasteiger partial charge on any atom is 0.167 e. The van der Waals surface area contributed by atoms with Crippen molar-refractivity contribution in [3.63, 3.8) is 0 Å². The van der Waals surface area contributed by atoms with Crippen LogP contribution in [-0.4, -0.2) is 59.7 Å². The molecule has 0 saturated carbocycles. The Bertz CT molecular complexity index is 1430. The number of aliphatic hydroxyl groups is 2. The first-order chi connectivity index (χ1) is 17.6. The molecule has 0 radical (unpaired) electrons. The van der Waals surface area contributed by atoms with Gasteiger partial charge >= 0.3 is 0 Å². The molecule has 9 nitrogen and oxygen atoms in total. The Kier molecular flexibility index (Phi) is 6.50. The number of hydrogen-bond donors (Lipinski definition) is 2. The van der Waals surface area contributed by atoms with Crippen LogP contribution in [0.4, 0.5) is 14.6 Å². The van der Waals surface area contributed by atoms with Crippen LogP contribution in [0.1, 0.15) is 38.5 Å². The molecule has 1 aliphatic heterocycles. The van der Waals surface area contributed by atoms with Crippen molar-refractivity contribution in [2.45, 2.75) is 44.5 Å².